The van der Waals surface area contributed by atoms with Gasteiger partial charge < -0.3 is 5.32 Å². The van der Waals surface area contributed by atoms with Gasteiger partial charge in [0.15, 0.2) is 0 Å². The first kappa shape index (κ1) is 8.42. The van der Waals surface area contributed by atoms with Gasteiger partial charge in [-0.3, -0.25) is 4.79 Å². The lowest BCUT2D eigenvalue weighted by Crippen LogP contribution is -2.18. The van der Waals surface area contributed by atoms with Gasteiger partial charge in [0.05, 0.1) is 11.0 Å². The Balaban J connectivity index is 2.25. The van der Waals surface area contributed by atoms with Crippen LogP contribution in [-0.2, 0) is 10.2 Å². The molecule has 0 unspecified atom stereocenters. The molecule has 15 heavy (non-hydrogen) atoms. The number of nitrogens with zero attached hydrogens (tertiary/aromatic N) is 1. The number of amides is 1. The summed E-state index contributed by atoms with van der Waals surface area (Å²) in [4.78, 5) is 11.6. The second kappa shape index (κ2) is 2.37. The third kappa shape index (κ3) is 0.899. The highest BCUT2D eigenvalue weighted by Crippen LogP contribution is 2.55. The van der Waals surface area contributed by atoms with Crippen LogP contribution in [0.1, 0.15) is 24.0 Å². The summed E-state index contributed by atoms with van der Waals surface area (Å²) in [6.45, 7) is 0. The van der Waals surface area contributed by atoms with E-state index in [2.05, 4.69) is 5.32 Å². The van der Waals surface area contributed by atoms with Crippen molar-refractivity contribution >= 4 is 11.6 Å². The van der Waals surface area contributed by atoms with Crippen LogP contribution in [0.25, 0.3) is 0 Å². The summed E-state index contributed by atoms with van der Waals surface area (Å²) < 4.78 is 13.3. The van der Waals surface area contributed by atoms with Gasteiger partial charge in [-0.2, -0.15) is 5.26 Å². The summed E-state index contributed by atoms with van der Waals surface area (Å²) in [6, 6.07) is 4.52. The molecule has 1 saturated carbocycles. The van der Waals surface area contributed by atoms with Gasteiger partial charge >= 0.3 is 0 Å². The lowest BCUT2D eigenvalue weighted by atomic mass is 9.96. The Bertz CT molecular complexity index is 526. The monoisotopic (exact) mass is 202 g/mol. The van der Waals surface area contributed by atoms with Gasteiger partial charge in [0.2, 0.25) is 5.91 Å². The third-order valence-corrected chi connectivity index (χ3v) is 3.18. The Morgan fingerprint density at radius 3 is 2.80 bits per heavy atom. The quantitative estimate of drug-likeness (QED) is 0.695. The molecule has 1 aromatic carbocycles. The summed E-state index contributed by atoms with van der Waals surface area (Å²) in [5.74, 6) is -0.638. The molecule has 3 rings (SSSR count). The molecule has 1 amide bonds. The predicted molar refractivity (Wildman–Crippen MR) is 50.7 cm³/mol. The minimum absolute atomic E-state index is 0.0107. The van der Waals surface area contributed by atoms with E-state index < -0.39 is 11.2 Å². The molecule has 2 aliphatic rings. The SMILES string of the molecule is N#Cc1cc2c(cc1F)NC(=O)C21CC1. The van der Waals surface area contributed by atoms with Crippen LogP contribution in [0.4, 0.5) is 10.1 Å². The van der Waals surface area contributed by atoms with E-state index in [1.54, 1.807) is 6.07 Å². The zero-order chi connectivity index (χ0) is 10.6. The van der Waals surface area contributed by atoms with E-state index in [0.29, 0.717) is 5.69 Å². The Kier molecular flexibility index (Phi) is 1.33. The average Bonchev–Trinajstić information content (AvgIpc) is 2.94. The maximum atomic E-state index is 13.3. The molecule has 1 heterocycles. The topological polar surface area (TPSA) is 52.9 Å². The smallest absolute Gasteiger partial charge is 0.235 e. The van der Waals surface area contributed by atoms with E-state index in [0.717, 1.165) is 18.4 Å². The van der Waals surface area contributed by atoms with Crippen LogP contribution in [0, 0.1) is 17.1 Å². The van der Waals surface area contributed by atoms with Crippen LogP contribution in [0.2, 0.25) is 0 Å². The number of nitrogens with one attached hydrogen (secondary N) is 1. The molecule has 1 N–H and O–H groups in total. The van der Waals surface area contributed by atoms with Crippen molar-refractivity contribution in [2.45, 2.75) is 18.3 Å². The van der Waals surface area contributed by atoms with Crippen LogP contribution in [0.15, 0.2) is 12.1 Å². The predicted octanol–water partition coefficient (Wildman–Crippen LogP) is 1.68. The molecule has 4 heteroatoms. The zero-order valence-corrected chi connectivity index (χ0v) is 7.80. The maximum Gasteiger partial charge on any atom is 0.235 e. The molecule has 1 fully saturated rings. The van der Waals surface area contributed by atoms with Crippen molar-refractivity contribution in [2.75, 3.05) is 5.32 Å². The highest BCUT2D eigenvalue weighted by molar-refractivity contribution is 6.08. The Morgan fingerprint density at radius 2 is 2.20 bits per heavy atom. The van der Waals surface area contributed by atoms with Gasteiger partial charge in [0.25, 0.3) is 0 Å². The summed E-state index contributed by atoms with van der Waals surface area (Å²) in [5, 5.41) is 11.4. The highest BCUT2D eigenvalue weighted by Gasteiger charge is 2.56. The molecule has 0 radical (unpaired) electrons. The second-order valence-corrected chi connectivity index (χ2v) is 4.03. The van der Waals surface area contributed by atoms with Crippen molar-refractivity contribution in [3.63, 3.8) is 0 Å². The summed E-state index contributed by atoms with van der Waals surface area (Å²) in [5.41, 5.74) is 0.866. The van der Waals surface area contributed by atoms with E-state index in [1.807, 2.05) is 0 Å². The fourth-order valence-corrected chi connectivity index (χ4v) is 2.14. The van der Waals surface area contributed by atoms with Crippen molar-refractivity contribution in [1.82, 2.24) is 0 Å². The number of benzene rings is 1. The Morgan fingerprint density at radius 1 is 1.47 bits per heavy atom. The standard InChI is InChI=1S/C11H7FN2O/c12-8-4-9-7(3-6(8)5-13)11(1-2-11)10(15)14-9/h3-4H,1-2H2,(H,14,15). The third-order valence-electron chi connectivity index (χ3n) is 3.18. The largest absolute Gasteiger partial charge is 0.325 e. The van der Waals surface area contributed by atoms with Crippen LogP contribution in [-0.4, -0.2) is 5.91 Å². The van der Waals surface area contributed by atoms with Gasteiger partial charge in [0.1, 0.15) is 11.9 Å². The van der Waals surface area contributed by atoms with Crippen LogP contribution in [0.5, 0.6) is 0 Å². The molecule has 1 aliphatic heterocycles. The van der Waals surface area contributed by atoms with Gasteiger partial charge in [0, 0.05) is 5.69 Å². The number of rotatable bonds is 0. The van der Waals surface area contributed by atoms with Crippen molar-refractivity contribution in [1.29, 1.82) is 5.26 Å². The number of anilines is 1. The fraction of sp³-hybridized carbons (Fsp3) is 0.273. The van der Waals surface area contributed by atoms with Gasteiger partial charge in [-0.05, 0) is 30.5 Å². The van der Waals surface area contributed by atoms with Gasteiger partial charge in [-0.25, -0.2) is 4.39 Å². The fourth-order valence-electron chi connectivity index (χ4n) is 2.14. The van der Waals surface area contributed by atoms with Crippen molar-refractivity contribution in [3.05, 3.63) is 29.1 Å². The lowest BCUT2D eigenvalue weighted by molar-refractivity contribution is -0.117. The number of hydrogen-bond acceptors (Lipinski definition) is 2. The molecule has 0 aromatic heterocycles. The van der Waals surface area contributed by atoms with Crippen LogP contribution < -0.4 is 5.32 Å². The minimum Gasteiger partial charge on any atom is -0.325 e. The molecule has 3 nitrogen and oxygen atoms in total. The second-order valence-electron chi connectivity index (χ2n) is 4.03. The Labute approximate surface area is 85.5 Å². The van der Waals surface area contributed by atoms with E-state index in [-0.39, 0.29) is 11.5 Å². The van der Waals surface area contributed by atoms with Gasteiger partial charge in [-0.1, -0.05) is 0 Å². The molecule has 1 aromatic rings. The van der Waals surface area contributed by atoms with Crippen LogP contribution in [0.3, 0.4) is 0 Å². The number of fused-ring (bicyclic) bond motifs is 2. The first-order valence-electron chi connectivity index (χ1n) is 4.73. The summed E-state index contributed by atoms with van der Waals surface area (Å²) in [6.07, 6.45) is 1.59. The molecular formula is C11H7FN2O. The first-order chi connectivity index (χ1) is 7.17. The summed E-state index contributed by atoms with van der Waals surface area (Å²) in [7, 11) is 0. The molecule has 74 valence electrons. The molecule has 1 spiro atoms. The van der Waals surface area contributed by atoms with E-state index in [9.17, 15) is 9.18 Å². The zero-order valence-electron chi connectivity index (χ0n) is 7.80. The van der Waals surface area contributed by atoms with Crippen molar-refractivity contribution < 1.29 is 9.18 Å². The summed E-state index contributed by atoms with van der Waals surface area (Å²) >= 11 is 0. The number of hydrogen-bond donors (Lipinski definition) is 1. The number of halogens is 1. The normalized spacial score (nSPS) is 19.6. The minimum atomic E-state index is -0.575. The van der Waals surface area contributed by atoms with E-state index >= 15 is 0 Å². The molecular weight excluding hydrogens is 195 g/mol. The molecule has 0 atom stereocenters. The number of nitriles is 1. The molecule has 1 aliphatic carbocycles. The van der Waals surface area contributed by atoms with E-state index in [1.165, 1.54) is 12.1 Å². The molecule has 0 saturated heterocycles. The first-order valence-corrected chi connectivity index (χ1v) is 4.73. The Hall–Kier alpha value is -1.89. The number of carbonyl (C=O) groups excluding carboxylic acids is 1. The lowest BCUT2D eigenvalue weighted by Gasteiger charge is -2.04. The number of carbonyl (C=O) groups is 1. The van der Waals surface area contributed by atoms with Crippen molar-refractivity contribution in [2.24, 2.45) is 0 Å². The van der Waals surface area contributed by atoms with E-state index in [4.69, 9.17) is 5.26 Å². The average molecular weight is 202 g/mol. The van der Waals surface area contributed by atoms with Crippen molar-refractivity contribution in [3.8, 4) is 6.07 Å². The van der Waals surface area contributed by atoms with Crippen LogP contribution >= 0.6 is 0 Å². The maximum absolute atomic E-state index is 13.3. The molecule has 0 bridgehead atoms. The highest BCUT2D eigenvalue weighted by atomic mass is 19.1. The van der Waals surface area contributed by atoms with Gasteiger partial charge in [-0.15, -0.1) is 0 Å².